The number of methoxy groups -OCH3 is 2. The molecule has 0 radical (unpaired) electrons. The van der Waals surface area contributed by atoms with Gasteiger partial charge in [-0.2, -0.15) is 0 Å². The molecule has 1 aliphatic rings. The molecule has 1 aliphatic heterocycles. The van der Waals surface area contributed by atoms with Crippen LogP contribution in [-0.2, 0) is 21.4 Å². The molecule has 1 aromatic heterocycles. The molecule has 0 unspecified atom stereocenters. The number of imidazole rings is 1. The Morgan fingerprint density at radius 1 is 0.689 bits per heavy atom. The number of aryl methyl sites for hydroxylation is 1. The van der Waals surface area contributed by atoms with Crippen LogP contribution in [0.5, 0.6) is 0 Å². The van der Waals surface area contributed by atoms with Gasteiger partial charge in [0.25, 0.3) is 0 Å². The van der Waals surface area contributed by atoms with Crippen molar-refractivity contribution in [3.63, 3.8) is 0 Å². The molecule has 228 valence electrons. The van der Waals surface area contributed by atoms with Crippen molar-refractivity contribution in [1.82, 2.24) is 9.55 Å². The van der Waals surface area contributed by atoms with E-state index in [0.717, 1.165) is 40.8 Å². The van der Waals surface area contributed by atoms with Crippen molar-refractivity contribution in [2.75, 3.05) is 14.2 Å². The second kappa shape index (κ2) is 13.3. The standard InChI is InChI=1S/C39H40N4O2/c1-28(2)36-38(45-4)41-34(37(42-36)44-3)25-24-29-16-14-15-23-33(29)35-26-43(27-40-35)39(30-17-8-5-9-18-30,31-19-10-6-11-20-31)32-21-12-7-13-22-32/h5-23,26-28,34,36H,24-25H2,1-4H3/t34-,36+/m0/s1. The highest BCUT2D eigenvalue weighted by atomic mass is 16.5. The van der Waals surface area contributed by atoms with E-state index in [9.17, 15) is 0 Å². The summed E-state index contributed by atoms with van der Waals surface area (Å²) >= 11 is 0. The van der Waals surface area contributed by atoms with Gasteiger partial charge in [0.05, 0.1) is 26.2 Å². The Morgan fingerprint density at radius 2 is 1.22 bits per heavy atom. The van der Waals surface area contributed by atoms with Crippen molar-refractivity contribution in [3.05, 3.63) is 150 Å². The van der Waals surface area contributed by atoms with E-state index in [0.29, 0.717) is 11.8 Å². The first-order chi connectivity index (χ1) is 22.1. The lowest BCUT2D eigenvalue weighted by Crippen LogP contribution is -2.37. The quantitative estimate of drug-likeness (QED) is 0.163. The van der Waals surface area contributed by atoms with Crippen molar-refractivity contribution in [3.8, 4) is 11.3 Å². The van der Waals surface area contributed by atoms with Gasteiger partial charge < -0.3 is 14.0 Å². The highest BCUT2D eigenvalue weighted by molar-refractivity contribution is 5.94. The maximum Gasteiger partial charge on any atom is 0.209 e. The zero-order valence-corrected chi connectivity index (χ0v) is 26.4. The number of benzene rings is 4. The summed E-state index contributed by atoms with van der Waals surface area (Å²) in [6.07, 6.45) is 5.67. The fourth-order valence-electron chi connectivity index (χ4n) is 6.46. The smallest absolute Gasteiger partial charge is 0.209 e. The molecule has 0 bridgehead atoms. The summed E-state index contributed by atoms with van der Waals surface area (Å²) in [5.41, 5.74) is 6.08. The molecule has 0 N–H and O–H groups in total. The molecule has 6 heteroatoms. The van der Waals surface area contributed by atoms with Gasteiger partial charge >= 0.3 is 0 Å². The molecule has 0 aliphatic carbocycles. The lowest BCUT2D eigenvalue weighted by atomic mass is 9.77. The summed E-state index contributed by atoms with van der Waals surface area (Å²) in [4.78, 5) is 14.8. The van der Waals surface area contributed by atoms with Crippen molar-refractivity contribution in [2.45, 2.75) is 44.3 Å². The van der Waals surface area contributed by atoms with Crippen molar-refractivity contribution in [1.29, 1.82) is 0 Å². The van der Waals surface area contributed by atoms with Crippen LogP contribution in [0.25, 0.3) is 11.3 Å². The third kappa shape index (κ3) is 5.80. The average molecular weight is 597 g/mol. The Labute approximate surface area is 266 Å². The zero-order chi connectivity index (χ0) is 31.2. The second-order valence-electron chi connectivity index (χ2n) is 11.7. The van der Waals surface area contributed by atoms with Gasteiger partial charge in [-0.1, -0.05) is 129 Å². The Morgan fingerprint density at radius 3 is 1.76 bits per heavy atom. The fraction of sp³-hybridized carbons (Fsp3) is 0.256. The maximum absolute atomic E-state index is 5.72. The Balaban J connectivity index is 1.39. The minimum Gasteiger partial charge on any atom is -0.483 e. The van der Waals surface area contributed by atoms with E-state index in [1.165, 1.54) is 5.56 Å². The number of hydrogen-bond donors (Lipinski definition) is 0. The van der Waals surface area contributed by atoms with Crippen LogP contribution in [0.3, 0.4) is 0 Å². The molecule has 0 fully saturated rings. The third-order valence-electron chi connectivity index (χ3n) is 8.66. The summed E-state index contributed by atoms with van der Waals surface area (Å²) in [6.45, 7) is 4.24. The number of aliphatic imine (C=N–C) groups is 2. The lowest BCUT2D eigenvalue weighted by molar-refractivity contribution is 0.331. The van der Waals surface area contributed by atoms with Crippen LogP contribution in [0.1, 0.15) is 42.5 Å². The van der Waals surface area contributed by atoms with E-state index in [-0.39, 0.29) is 18.0 Å². The second-order valence-corrected chi connectivity index (χ2v) is 11.7. The molecule has 6 nitrogen and oxygen atoms in total. The Hall–Kier alpha value is -4.97. The molecule has 4 aromatic carbocycles. The van der Waals surface area contributed by atoms with E-state index in [2.05, 4.69) is 140 Å². The predicted octanol–water partition coefficient (Wildman–Crippen LogP) is 7.82. The molecule has 0 saturated carbocycles. The van der Waals surface area contributed by atoms with Crippen LogP contribution >= 0.6 is 0 Å². The topological polar surface area (TPSA) is 61.0 Å². The SMILES string of the molecule is COC1=N[C@H](C(C)C)C(OC)=N[C@H]1CCc1ccccc1-c1cn(C(c2ccccc2)(c2ccccc2)c2ccccc2)cn1. The fourth-order valence-corrected chi connectivity index (χ4v) is 6.46. The minimum atomic E-state index is -0.617. The lowest BCUT2D eigenvalue weighted by Gasteiger charge is -2.37. The molecule has 0 amide bonds. The van der Waals surface area contributed by atoms with Gasteiger partial charge in [0.2, 0.25) is 11.8 Å². The number of nitrogens with zero attached hydrogens (tertiary/aromatic N) is 4. The van der Waals surface area contributed by atoms with Crippen molar-refractivity contribution < 1.29 is 9.47 Å². The highest BCUT2D eigenvalue weighted by Crippen LogP contribution is 2.41. The van der Waals surface area contributed by atoms with E-state index in [4.69, 9.17) is 24.4 Å². The highest BCUT2D eigenvalue weighted by Gasteiger charge is 2.38. The van der Waals surface area contributed by atoms with Gasteiger partial charge in [0.1, 0.15) is 17.6 Å². The van der Waals surface area contributed by atoms with E-state index in [1.807, 2.05) is 6.33 Å². The molecular weight excluding hydrogens is 556 g/mol. The number of hydrogen-bond acceptors (Lipinski definition) is 5. The summed E-state index contributed by atoms with van der Waals surface area (Å²) in [5, 5.41) is 0. The van der Waals surface area contributed by atoms with Gasteiger partial charge in [-0.3, -0.25) is 0 Å². The van der Waals surface area contributed by atoms with Crippen LogP contribution in [0.2, 0.25) is 0 Å². The van der Waals surface area contributed by atoms with Crippen LogP contribution in [-0.4, -0.2) is 47.6 Å². The summed E-state index contributed by atoms with van der Waals surface area (Å²) in [6, 6.07) is 40.2. The van der Waals surface area contributed by atoms with Crippen LogP contribution in [0, 0.1) is 5.92 Å². The summed E-state index contributed by atoms with van der Waals surface area (Å²) in [7, 11) is 3.35. The first-order valence-corrected chi connectivity index (χ1v) is 15.6. The molecule has 0 spiro atoms. The van der Waals surface area contributed by atoms with E-state index >= 15 is 0 Å². The van der Waals surface area contributed by atoms with Crippen molar-refractivity contribution in [2.24, 2.45) is 15.9 Å². The predicted molar refractivity (Wildman–Crippen MR) is 182 cm³/mol. The molecule has 45 heavy (non-hydrogen) atoms. The number of ether oxygens (including phenoxy) is 2. The molecule has 5 aromatic rings. The summed E-state index contributed by atoms with van der Waals surface area (Å²) in [5.74, 6) is 1.59. The number of aromatic nitrogens is 2. The maximum atomic E-state index is 5.72. The Kier molecular flexibility index (Phi) is 8.92. The van der Waals surface area contributed by atoms with Crippen LogP contribution < -0.4 is 0 Å². The first-order valence-electron chi connectivity index (χ1n) is 15.6. The zero-order valence-electron chi connectivity index (χ0n) is 26.4. The summed E-state index contributed by atoms with van der Waals surface area (Å²) < 4.78 is 13.6. The normalized spacial score (nSPS) is 16.6. The molecule has 6 rings (SSSR count). The molecule has 0 saturated heterocycles. The third-order valence-corrected chi connectivity index (χ3v) is 8.66. The number of rotatable bonds is 9. The molecule has 2 atom stereocenters. The molecule has 2 heterocycles. The van der Waals surface area contributed by atoms with E-state index < -0.39 is 5.54 Å². The van der Waals surface area contributed by atoms with E-state index in [1.54, 1.807) is 14.2 Å². The van der Waals surface area contributed by atoms with Crippen molar-refractivity contribution >= 4 is 11.8 Å². The average Bonchev–Trinajstić information content (AvgIpc) is 3.59. The van der Waals surface area contributed by atoms with Gasteiger partial charge in [-0.25, -0.2) is 15.0 Å². The largest absolute Gasteiger partial charge is 0.483 e. The minimum absolute atomic E-state index is 0.128. The first kappa shape index (κ1) is 30.1. The van der Waals surface area contributed by atoms with Gasteiger partial charge in [-0.05, 0) is 41.0 Å². The monoisotopic (exact) mass is 596 g/mol. The van der Waals surface area contributed by atoms with Gasteiger partial charge in [0, 0.05) is 11.8 Å². The Bertz CT molecular complexity index is 1660. The van der Waals surface area contributed by atoms with Gasteiger partial charge in [-0.15, -0.1) is 0 Å². The van der Waals surface area contributed by atoms with Gasteiger partial charge in [0.15, 0.2) is 0 Å². The van der Waals surface area contributed by atoms with Crippen LogP contribution in [0.4, 0.5) is 0 Å². The van der Waals surface area contributed by atoms with Crippen LogP contribution in [0.15, 0.2) is 138 Å². The molecular formula is C39H40N4O2.